The molecule has 0 aliphatic rings. The van der Waals surface area contributed by atoms with Gasteiger partial charge in [-0.25, -0.2) is 4.39 Å². The number of anilines is 2. The predicted octanol–water partition coefficient (Wildman–Crippen LogP) is 4.28. The molecule has 0 atom stereocenters. The lowest BCUT2D eigenvalue weighted by Gasteiger charge is -2.14. The predicted molar refractivity (Wildman–Crippen MR) is 112 cm³/mol. The molecule has 3 rings (SSSR count). The summed E-state index contributed by atoms with van der Waals surface area (Å²) in [5.74, 6) is -1.82. The fourth-order valence-electron chi connectivity index (χ4n) is 2.98. The number of halogens is 1. The van der Waals surface area contributed by atoms with Crippen molar-refractivity contribution in [2.75, 3.05) is 24.3 Å². The van der Waals surface area contributed by atoms with Crippen LogP contribution in [-0.2, 0) is 0 Å². The van der Waals surface area contributed by atoms with E-state index in [1.807, 2.05) is 0 Å². The van der Waals surface area contributed by atoms with Crippen LogP contribution >= 0.6 is 0 Å². The number of carbonyl (C=O) groups excluding carboxylic acids is 2. The largest absolute Gasteiger partial charge is 0.372 e. The standard InChI is InChI=1S/C22H18FN3O4/c1-25(2)19-12-11-14(13-20(19)26(29)30)21(27)15-7-3-4-8-16(15)22(28)24-18-10-6-5-9-17(18)23/h3-13H,1-2H3,(H,24,28). The summed E-state index contributed by atoms with van der Waals surface area (Å²) >= 11 is 0. The van der Waals surface area contributed by atoms with Crippen LogP contribution < -0.4 is 10.2 Å². The number of nitrogens with one attached hydrogen (secondary N) is 1. The average molecular weight is 407 g/mol. The first kappa shape index (κ1) is 20.7. The molecule has 8 heteroatoms. The Balaban J connectivity index is 1.98. The van der Waals surface area contributed by atoms with Gasteiger partial charge in [0.05, 0.1) is 16.2 Å². The number of amides is 1. The molecule has 0 bridgehead atoms. The van der Waals surface area contributed by atoms with Crippen molar-refractivity contribution in [1.82, 2.24) is 0 Å². The normalized spacial score (nSPS) is 10.4. The van der Waals surface area contributed by atoms with Crippen molar-refractivity contribution in [3.05, 3.63) is 99.4 Å². The number of rotatable bonds is 6. The minimum absolute atomic E-state index is 0.0178. The van der Waals surface area contributed by atoms with E-state index in [1.54, 1.807) is 37.2 Å². The molecule has 152 valence electrons. The Morgan fingerprint density at radius 3 is 2.23 bits per heavy atom. The van der Waals surface area contributed by atoms with Gasteiger partial charge in [0.1, 0.15) is 11.5 Å². The molecule has 3 aromatic rings. The molecular weight excluding hydrogens is 389 g/mol. The first-order chi connectivity index (χ1) is 14.3. The highest BCUT2D eigenvalue weighted by Gasteiger charge is 2.23. The number of para-hydroxylation sites is 1. The second-order valence-corrected chi connectivity index (χ2v) is 6.66. The van der Waals surface area contributed by atoms with Crippen molar-refractivity contribution >= 4 is 28.8 Å². The summed E-state index contributed by atoms with van der Waals surface area (Å²) in [6, 6.07) is 15.8. The highest BCUT2D eigenvalue weighted by atomic mass is 19.1. The van der Waals surface area contributed by atoms with Crippen molar-refractivity contribution in [2.24, 2.45) is 0 Å². The maximum Gasteiger partial charge on any atom is 0.293 e. The van der Waals surface area contributed by atoms with E-state index < -0.39 is 22.4 Å². The zero-order chi connectivity index (χ0) is 21.8. The molecule has 1 amide bonds. The molecule has 0 saturated heterocycles. The number of nitrogens with zero attached hydrogens (tertiary/aromatic N) is 2. The summed E-state index contributed by atoms with van der Waals surface area (Å²) < 4.78 is 13.9. The molecule has 0 heterocycles. The van der Waals surface area contributed by atoms with Crippen LogP contribution in [0.1, 0.15) is 26.3 Å². The second kappa shape index (κ2) is 8.52. The number of carbonyl (C=O) groups is 2. The minimum Gasteiger partial charge on any atom is -0.372 e. The summed E-state index contributed by atoms with van der Waals surface area (Å²) in [5.41, 5.74) is 0.263. The van der Waals surface area contributed by atoms with Crippen LogP contribution in [0, 0.1) is 15.9 Å². The summed E-state index contributed by atoms with van der Waals surface area (Å²) in [6.45, 7) is 0. The Hall–Kier alpha value is -4.07. The molecule has 1 N–H and O–H groups in total. The second-order valence-electron chi connectivity index (χ2n) is 6.66. The monoisotopic (exact) mass is 407 g/mol. The summed E-state index contributed by atoms with van der Waals surface area (Å²) in [7, 11) is 3.32. The summed E-state index contributed by atoms with van der Waals surface area (Å²) in [6.07, 6.45) is 0. The molecule has 0 saturated carbocycles. The molecule has 0 spiro atoms. The third-order valence-electron chi connectivity index (χ3n) is 4.45. The zero-order valence-electron chi connectivity index (χ0n) is 16.3. The van der Waals surface area contributed by atoms with E-state index in [0.29, 0.717) is 5.69 Å². The van der Waals surface area contributed by atoms with Crippen molar-refractivity contribution in [2.45, 2.75) is 0 Å². The van der Waals surface area contributed by atoms with Gasteiger partial charge >= 0.3 is 0 Å². The van der Waals surface area contributed by atoms with E-state index in [4.69, 9.17) is 0 Å². The van der Waals surface area contributed by atoms with E-state index in [9.17, 15) is 24.1 Å². The lowest BCUT2D eigenvalue weighted by molar-refractivity contribution is -0.384. The maximum atomic E-state index is 13.9. The number of nitro benzene ring substituents is 1. The lowest BCUT2D eigenvalue weighted by atomic mass is 9.97. The fraction of sp³-hybridized carbons (Fsp3) is 0.0909. The Bertz CT molecular complexity index is 1140. The van der Waals surface area contributed by atoms with E-state index >= 15 is 0 Å². The van der Waals surface area contributed by atoms with Crippen molar-refractivity contribution in [1.29, 1.82) is 0 Å². The molecule has 7 nitrogen and oxygen atoms in total. The SMILES string of the molecule is CN(C)c1ccc(C(=O)c2ccccc2C(=O)Nc2ccccc2F)cc1[N+](=O)[O-]. The lowest BCUT2D eigenvalue weighted by Crippen LogP contribution is -2.18. The van der Waals surface area contributed by atoms with E-state index in [2.05, 4.69) is 5.32 Å². The number of hydrogen-bond donors (Lipinski definition) is 1. The van der Waals surface area contributed by atoms with Gasteiger partial charge in [0.15, 0.2) is 5.78 Å². The molecule has 0 radical (unpaired) electrons. The van der Waals surface area contributed by atoms with Crippen LogP contribution in [-0.4, -0.2) is 30.7 Å². The van der Waals surface area contributed by atoms with Gasteiger partial charge in [-0.1, -0.05) is 30.3 Å². The van der Waals surface area contributed by atoms with E-state index in [0.717, 1.165) is 0 Å². The third-order valence-corrected chi connectivity index (χ3v) is 4.45. The van der Waals surface area contributed by atoms with Gasteiger partial charge in [-0.15, -0.1) is 0 Å². The molecule has 3 aromatic carbocycles. The quantitative estimate of drug-likeness (QED) is 0.374. The van der Waals surface area contributed by atoms with Crippen LogP contribution in [0.3, 0.4) is 0 Å². The molecule has 0 fully saturated rings. The number of hydrogen-bond acceptors (Lipinski definition) is 5. The van der Waals surface area contributed by atoms with Crippen molar-refractivity contribution in [3.63, 3.8) is 0 Å². The topological polar surface area (TPSA) is 92.6 Å². The van der Waals surface area contributed by atoms with Gasteiger partial charge in [0.25, 0.3) is 11.6 Å². The molecule has 0 unspecified atom stereocenters. The first-order valence-electron chi connectivity index (χ1n) is 8.95. The number of nitro groups is 1. The van der Waals surface area contributed by atoms with Gasteiger partial charge in [-0.3, -0.25) is 19.7 Å². The van der Waals surface area contributed by atoms with Gasteiger partial charge in [0, 0.05) is 31.3 Å². The summed E-state index contributed by atoms with van der Waals surface area (Å²) in [4.78, 5) is 38.2. The fourth-order valence-corrected chi connectivity index (χ4v) is 2.98. The number of benzene rings is 3. The molecule has 30 heavy (non-hydrogen) atoms. The van der Waals surface area contributed by atoms with Crippen LogP contribution in [0.25, 0.3) is 0 Å². The van der Waals surface area contributed by atoms with Crippen LogP contribution in [0.2, 0.25) is 0 Å². The van der Waals surface area contributed by atoms with Crippen molar-refractivity contribution in [3.8, 4) is 0 Å². The van der Waals surface area contributed by atoms with E-state index in [1.165, 1.54) is 48.5 Å². The van der Waals surface area contributed by atoms with Crippen LogP contribution in [0.15, 0.2) is 66.7 Å². The van der Waals surface area contributed by atoms with Gasteiger partial charge < -0.3 is 10.2 Å². The summed E-state index contributed by atoms with van der Waals surface area (Å²) in [5, 5.41) is 13.9. The smallest absolute Gasteiger partial charge is 0.293 e. The third kappa shape index (κ3) is 4.17. The van der Waals surface area contributed by atoms with Gasteiger partial charge in [-0.2, -0.15) is 0 Å². The highest BCUT2D eigenvalue weighted by Crippen LogP contribution is 2.29. The molecule has 0 aromatic heterocycles. The zero-order valence-corrected chi connectivity index (χ0v) is 16.3. The number of ketones is 1. The average Bonchev–Trinajstić information content (AvgIpc) is 2.74. The molecule has 0 aliphatic carbocycles. The van der Waals surface area contributed by atoms with E-state index in [-0.39, 0.29) is 28.1 Å². The Kier molecular flexibility index (Phi) is 5.87. The Morgan fingerprint density at radius 2 is 1.60 bits per heavy atom. The molecule has 0 aliphatic heterocycles. The van der Waals surface area contributed by atoms with Gasteiger partial charge in [0.2, 0.25) is 0 Å². The minimum atomic E-state index is -0.663. The highest BCUT2D eigenvalue weighted by molar-refractivity contribution is 6.18. The van der Waals surface area contributed by atoms with Crippen LogP contribution in [0.5, 0.6) is 0 Å². The van der Waals surface area contributed by atoms with Crippen LogP contribution in [0.4, 0.5) is 21.5 Å². The van der Waals surface area contributed by atoms with Crippen molar-refractivity contribution < 1.29 is 18.9 Å². The maximum absolute atomic E-state index is 13.9. The van der Waals surface area contributed by atoms with Gasteiger partial charge in [-0.05, 0) is 30.3 Å². The molecular formula is C22H18FN3O4. The first-order valence-corrected chi connectivity index (χ1v) is 8.95. The Labute approximate surface area is 171 Å². The Morgan fingerprint density at radius 1 is 0.967 bits per heavy atom.